The van der Waals surface area contributed by atoms with Crippen LogP contribution in [0.5, 0.6) is 11.8 Å². The molecule has 1 aromatic carbocycles. The van der Waals surface area contributed by atoms with E-state index >= 15 is 0 Å². The molecule has 0 spiro atoms. The molecule has 3 heterocycles. The first kappa shape index (κ1) is 27.0. The second kappa shape index (κ2) is 9.87. The zero-order valence-electron chi connectivity index (χ0n) is 20.9. The lowest BCUT2D eigenvalue weighted by molar-refractivity contribution is -0.141. The van der Waals surface area contributed by atoms with Gasteiger partial charge in [-0.15, -0.1) is 5.10 Å². The summed E-state index contributed by atoms with van der Waals surface area (Å²) in [7, 11) is 0. The third-order valence-corrected chi connectivity index (χ3v) is 7.07. The molecule has 1 aliphatic heterocycles. The number of fused-ring (bicyclic) bond motifs is 2. The van der Waals surface area contributed by atoms with Crippen LogP contribution in [-0.2, 0) is 12.4 Å². The number of anilines is 2. The van der Waals surface area contributed by atoms with Crippen LogP contribution in [0.3, 0.4) is 0 Å². The van der Waals surface area contributed by atoms with E-state index in [-0.39, 0.29) is 41.6 Å². The van der Waals surface area contributed by atoms with Gasteiger partial charge in [0, 0.05) is 31.0 Å². The third kappa shape index (κ3) is 5.59. The highest BCUT2D eigenvalue weighted by Gasteiger charge is 2.43. The zero-order valence-corrected chi connectivity index (χ0v) is 20.9. The van der Waals surface area contributed by atoms with Crippen LogP contribution in [0.1, 0.15) is 44.0 Å². The number of hydrogen-bond donors (Lipinski definition) is 1. The van der Waals surface area contributed by atoms with Crippen LogP contribution in [0.15, 0.2) is 36.5 Å². The first-order valence-corrected chi connectivity index (χ1v) is 12.4. The summed E-state index contributed by atoms with van der Waals surface area (Å²) in [6.45, 7) is 4.64. The van der Waals surface area contributed by atoms with E-state index in [4.69, 9.17) is 4.74 Å². The Kier molecular flexibility index (Phi) is 6.83. The summed E-state index contributed by atoms with van der Waals surface area (Å²) in [4.78, 5) is 9.71. The number of nitrogens with one attached hydrogen (secondary N) is 1. The summed E-state index contributed by atoms with van der Waals surface area (Å²) in [6.07, 6.45) is -6.54. The number of nitrogens with zero attached hydrogens (tertiary/aromatic N) is 5. The molecule has 2 bridgehead atoms. The average molecular weight is 559 g/mol. The first-order valence-electron chi connectivity index (χ1n) is 12.4. The van der Waals surface area contributed by atoms with Gasteiger partial charge in [0.2, 0.25) is 5.95 Å². The quantitative estimate of drug-likeness (QED) is 0.346. The number of hydrogen-bond acceptors (Lipinski definition) is 6. The normalized spacial score (nSPS) is 21.5. The van der Waals surface area contributed by atoms with Crippen LogP contribution in [0, 0.1) is 17.7 Å². The van der Waals surface area contributed by atoms with Crippen molar-refractivity contribution < 1.29 is 35.5 Å². The highest BCUT2D eigenvalue weighted by atomic mass is 19.4. The molecule has 14 heteroatoms. The summed E-state index contributed by atoms with van der Waals surface area (Å²) in [5, 5.41) is 7.74. The minimum absolute atomic E-state index is 0.0521. The SMILES string of the molecule is CC(C)n1nc(NC2[C@@H]3CC[C@H]2CN(c2ccnc(C(F)(F)F)c2)C3)nc1Oc1ccc(F)c(C(F)(F)F)c1. The number of ether oxygens (including phenoxy) is 1. The molecule has 1 unspecified atom stereocenters. The number of piperidine rings is 1. The van der Waals surface area contributed by atoms with Gasteiger partial charge in [0.25, 0.3) is 0 Å². The van der Waals surface area contributed by atoms with Crippen molar-refractivity contribution in [1.82, 2.24) is 19.7 Å². The Balaban J connectivity index is 1.32. The molecule has 0 radical (unpaired) electrons. The van der Waals surface area contributed by atoms with Gasteiger partial charge in [0.05, 0.1) is 11.6 Å². The molecular formula is C25H25F7N6O. The average Bonchev–Trinajstić information content (AvgIpc) is 3.34. The molecule has 2 aromatic heterocycles. The van der Waals surface area contributed by atoms with E-state index in [9.17, 15) is 30.7 Å². The lowest BCUT2D eigenvalue weighted by Gasteiger charge is -2.39. The Morgan fingerprint density at radius 1 is 0.974 bits per heavy atom. The number of benzene rings is 1. The molecule has 0 amide bonds. The van der Waals surface area contributed by atoms with E-state index in [0.717, 1.165) is 31.2 Å². The van der Waals surface area contributed by atoms with Crippen molar-refractivity contribution in [3.05, 3.63) is 53.6 Å². The molecule has 7 nitrogen and oxygen atoms in total. The third-order valence-electron chi connectivity index (χ3n) is 7.07. The van der Waals surface area contributed by atoms with Crippen molar-refractivity contribution in [3.63, 3.8) is 0 Å². The van der Waals surface area contributed by atoms with Gasteiger partial charge >= 0.3 is 18.4 Å². The van der Waals surface area contributed by atoms with Crippen LogP contribution in [0.4, 0.5) is 42.4 Å². The topological polar surface area (TPSA) is 68.1 Å². The first-order chi connectivity index (χ1) is 18.3. The molecule has 5 rings (SSSR count). The van der Waals surface area contributed by atoms with Gasteiger partial charge in [0.1, 0.15) is 17.3 Å². The molecule has 3 aromatic rings. The van der Waals surface area contributed by atoms with E-state index in [0.29, 0.717) is 30.9 Å². The second-order valence-electron chi connectivity index (χ2n) is 10.1. The Labute approximate surface area is 219 Å². The largest absolute Gasteiger partial charge is 0.433 e. The molecule has 1 saturated heterocycles. The standard InChI is InChI=1S/C25H25F7N6O/c1-13(2)38-23(39-17-5-6-19(26)18(10-17)24(27,28)29)35-22(36-38)34-21-14-3-4-15(21)12-37(11-14)16-7-8-33-20(9-16)25(30,31)32/h5-10,13-15,21H,3-4,11-12H2,1-2H3,(H,34,36)/t14-,15+,21?. The monoisotopic (exact) mass is 558 g/mol. The fraction of sp³-hybridized carbons (Fsp3) is 0.480. The maximum absolute atomic E-state index is 13.7. The molecule has 1 N–H and O–H groups in total. The van der Waals surface area contributed by atoms with Crippen molar-refractivity contribution in [2.24, 2.45) is 11.8 Å². The fourth-order valence-electron chi connectivity index (χ4n) is 5.26. The minimum atomic E-state index is -4.89. The number of rotatable bonds is 6. The van der Waals surface area contributed by atoms with Crippen molar-refractivity contribution in [2.45, 2.75) is 51.1 Å². The summed E-state index contributed by atoms with van der Waals surface area (Å²) in [5.41, 5.74) is -1.93. The Morgan fingerprint density at radius 3 is 2.28 bits per heavy atom. The summed E-state index contributed by atoms with van der Waals surface area (Å²) >= 11 is 0. The van der Waals surface area contributed by atoms with Crippen molar-refractivity contribution in [3.8, 4) is 11.8 Å². The van der Waals surface area contributed by atoms with Crippen molar-refractivity contribution in [2.75, 3.05) is 23.3 Å². The molecule has 1 saturated carbocycles. The molecule has 210 valence electrons. The van der Waals surface area contributed by atoms with Gasteiger partial charge < -0.3 is 15.0 Å². The van der Waals surface area contributed by atoms with E-state index in [1.54, 1.807) is 19.9 Å². The maximum Gasteiger partial charge on any atom is 0.433 e. The summed E-state index contributed by atoms with van der Waals surface area (Å²) < 4.78 is 99.5. The lowest BCUT2D eigenvalue weighted by Crippen LogP contribution is -2.48. The van der Waals surface area contributed by atoms with E-state index < -0.39 is 29.4 Å². The van der Waals surface area contributed by atoms with Crippen molar-refractivity contribution >= 4 is 11.6 Å². The second-order valence-corrected chi connectivity index (χ2v) is 10.1. The summed E-state index contributed by atoms with van der Waals surface area (Å²) in [6, 6.07) is 4.59. The molecule has 1 aliphatic carbocycles. The van der Waals surface area contributed by atoms with Crippen LogP contribution in [0.2, 0.25) is 0 Å². The van der Waals surface area contributed by atoms with Crippen LogP contribution >= 0.6 is 0 Å². The number of halogens is 7. The number of pyridine rings is 1. The molecule has 39 heavy (non-hydrogen) atoms. The van der Waals surface area contributed by atoms with Crippen LogP contribution in [-0.4, -0.2) is 38.9 Å². The molecule has 2 aliphatic rings. The van der Waals surface area contributed by atoms with Gasteiger partial charge in [0.15, 0.2) is 0 Å². The number of alkyl halides is 6. The van der Waals surface area contributed by atoms with Crippen LogP contribution < -0.4 is 15.0 Å². The molecule has 3 atom stereocenters. The summed E-state index contributed by atoms with van der Waals surface area (Å²) in [5.74, 6) is -1.23. The zero-order chi connectivity index (χ0) is 28.1. The predicted molar refractivity (Wildman–Crippen MR) is 127 cm³/mol. The Morgan fingerprint density at radius 2 is 1.67 bits per heavy atom. The smallest absolute Gasteiger partial charge is 0.424 e. The molecular weight excluding hydrogens is 533 g/mol. The van der Waals surface area contributed by atoms with Gasteiger partial charge in [-0.25, -0.2) is 9.07 Å². The van der Waals surface area contributed by atoms with E-state index in [1.807, 2.05) is 4.90 Å². The van der Waals surface area contributed by atoms with Gasteiger partial charge in [-0.3, -0.25) is 4.98 Å². The highest BCUT2D eigenvalue weighted by Crippen LogP contribution is 2.41. The van der Waals surface area contributed by atoms with Gasteiger partial charge in [-0.2, -0.15) is 31.3 Å². The van der Waals surface area contributed by atoms with Gasteiger partial charge in [-0.1, -0.05) is 0 Å². The fourth-order valence-corrected chi connectivity index (χ4v) is 5.26. The maximum atomic E-state index is 13.7. The van der Waals surface area contributed by atoms with Crippen LogP contribution in [0.25, 0.3) is 0 Å². The van der Waals surface area contributed by atoms with E-state index in [1.165, 1.54) is 4.68 Å². The number of aromatic nitrogens is 4. The minimum Gasteiger partial charge on any atom is -0.424 e. The highest BCUT2D eigenvalue weighted by molar-refractivity contribution is 5.49. The Bertz CT molecular complexity index is 1330. The molecule has 2 fully saturated rings. The predicted octanol–water partition coefficient (Wildman–Crippen LogP) is 6.55. The Hall–Kier alpha value is -3.58. The van der Waals surface area contributed by atoms with Gasteiger partial charge in [-0.05, 0) is 68.9 Å². The lowest BCUT2D eigenvalue weighted by atomic mass is 9.92. The van der Waals surface area contributed by atoms with E-state index in [2.05, 4.69) is 20.4 Å². The van der Waals surface area contributed by atoms with Crippen molar-refractivity contribution in [1.29, 1.82) is 0 Å².